The third kappa shape index (κ3) is 6.81. The van der Waals surface area contributed by atoms with Crippen molar-refractivity contribution in [1.29, 1.82) is 0 Å². The first-order chi connectivity index (χ1) is 17.1. The van der Waals surface area contributed by atoms with Gasteiger partial charge in [0.25, 0.3) is 0 Å². The van der Waals surface area contributed by atoms with Gasteiger partial charge in [0, 0.05) is 18.1 Å². The maximum atomic E-state index is 13.7. The second kappa shape index (κ2) is 12.0. The van der Waals surface area contributed by atoms with E-state index >= 15 is 0 Å². The highest BCUT2D eigenvalue weighted by molar-refractivity contribution is 6.30. The van der Waals surface area contributed by atoms with Crippen LogP contribution in [0, 0.1) is 0 Å². The Morgan fingerprint density at radius 2 is 1.23 bits per heavy atom. The lowest BCUT2D eigenvalue weighted by Gasteiger charge is -2.32. The van der Waals surface area contributed by atoms with Gasteiger partial charge < -0.3 is 10.2 Å². The number of amides is 2. The van der Waals surface area contributed by atoms with E-state index in [1.54, 1.807) is 17.0 Å². The number of nitrogens with zero attached hydrogens (tertiary/aromatic N) is 1. The largest absolute Gasteiger partial charge is 0.350 e. The SMILES string of the molecule is O=C(NCc1ccc(Cl)cc1)C(c1ccccc1)N(Cc1ccccc1)C(=O)Cc1ccccc1. The minimum atomic E-state index is -0.778. The van der Waals surface area contributed by atoms with Crippen molar-refractivity contribution in [1.82, 2.24) is 10.2 Å². The monoisotopic (exact) mass is 482 g/mol. The van der Waals surface area contributed by atoms with Crippen molar-refractivity contribution >= 4 is 23.4 Å². The topological polar surface area (TPSA) is 49.4 Å². The van der Waals surface area contributed by atoms with E-state index in [1.165, 1.54) is 0 Å². The first-order valence-corrected chi connectivity index (χ1v) is 11.9. The zero-order valence-corrected chi connectivity index (χ0v) is 20.1. The van der Waals surface area contributed by atoms with Crippen LogP contribution in [0.4, 0.5) is 0 Å². The Labute approximate surface area is 211 Å². The number of halogens is 1. The molecule has 0 spiro atoms. The summed E-state index contributed by atoms with van der Waals surface area (Å²) >= 11 is 5.99. The smallest absolute Gasteiger partial charge is 0.247 e. The van der Waals surface area contributed by atoms with Gasteiger partial charge >= 0.3 is 0 Å². The molecule has 4 nitrogen and oxygen atoms in total. The van der Waals surface area contributed by atoms with Crippen molar-refractivity contribution in [3.63, 3.8) is 0 Å². The van der Waals surface area contributed by atoms with E-state index in [1.807, 2.05) is 103 Å². The fourth-order valence-electron chi connectivity index (χ4n) is 3.97. The normalized spacial score (nSPS) is 11.5. The molecule has 0 heterocycles. The van der Waals surface area contributed by atoms with Crippen LogP contribution in [0.25, 0.3) is 0 Å². The summed E-state index contributed by atoms with van der Waals surface area (Å²) < 4.78 is 0. The van der Waals surface area contributed by atoms with Crippen molar-refractivity contribution in [3.8, 4) is 0 Å². The molecule has 1 atom stereocenters. The number of benzene rings is 4. The average Bonchev–Trinajstić information content (AvgIpc) is 2.90. The molecule has 0 aliphatic heterocycles. The Hall–Kier alpha value is -3.89. The number of carbonyl (C=O) groups is 2. The molecule has 4 aromatic rings. The number of hydrogen-bond acceptors (Lipinski definition) is 2. The van der Waals surface area contributed by atoms with Gasteiger partial charge in [-0.15, -0.1) is 0 Å². The molecule has 0 radical (unpaired) electrons. The zero-order valence-electron chi connectivity index (χ0n) is 19.3. The highest BCUT2D eigenvalue weighted by atomic mass is 35.5. The van der Waals surface area contributed by atoms with Crippen LogP contribution >= 0.6 is 11.6 Å². The maximum Gasteiger partial charge on any atom is 0.247 e. The average molecular weight is 483 g/mol. The lowest BCUT2D eigenvalue weighted by molar-refractivity contribution is -0.141. The molecular formula is C30H27ClN2O2. The molecule has 0 aliphatic carbocycles. The molecule has 176 valence electrons. The van der Waals surface area contributed by atoms with Gasteiger partial charge in [0.1, 0.15) is 6.04 Å². The van der Waals surface area contributed by atoms with Crippen molar-refractivity contribution in [3.05, 3.63) is 143 Å². The summed E-state index contributed by atoms with van der Waals surface area (Å²) in [5.74, 6) is -0.348. The van der Waals surface area contributed by atoms with Crippen LogP contribution in [0.15, 0.2) is 115 Å². The van der Waals surface area contributed by atoms with Gasteiger partial charge in [-0.1, -0.05) is 115 Å². The van der Waals surface area contributed by atoms with E-state index in [0.717, 1.165) is 22.3 Å². The highest BCUT2D eigenvalue weighted by Crippen LogP contribution is 2.25. The van der Waals surface area contributed by atoms with Gasteiger partial charge in [0.2, 0.25) is 11.8 Å². The molecule has 35 heavy (non-hydrogen) atoms. The number of nitrogens with one attached hydrogen (secondary N) is 1. The van der Waals surface area contributed by atoms with Crippen molar-refractivity contribution < 1.29 is 9.59 Å². The van der Waals surface area contributed by atoms with E-state index in [4.69, 9.17) is 11.6 Å². The zero-order chi connectivity index (χ0) is 24.5. The van der Waals surface area contributed by atoms with Gasteiger partial charge in [-0.3, -0.25) is 9.59 Å². The van der Waals surface area contributed by atoms with Crippen LogP contribution in [-0.2, 0) is 29.1 Å². The Morgan fingerprint density at radius 1 is 0.686 bits per heavy atom. The summed E-state index contributed by atoms with van der Waals surface area (Å²) in [6.07, 6.45) is 0.210. The quantitative estimate of drug-likeness (QED) is 0.319. The summed E-state index contributed by atoms with van der Waals surface area (Å²) in [4.78, 5) is 29.0. The lowest BCUT2D eigenvalue weighted by Crippen LogP contribution is -2.43. The van der Waals surface area contributed by atoms with Crippen molar-refractivity contribution in [2.75, 3.05) is 0 Å². The molecule has 5 heteroatoms. The van der Waals surface area contributed by atoms with E-state index < -0.39 is 6.04 Å². The standard InChI is InChI=1S/C30H27ClN2O2/c31-27-18-16-24(17-19-27)21-32-30(35)29(26-14-8-3-9-15-26)33(22-25-12-6-2-7-13-25)28(34)20-23-10-4-1-5-11-23/h1-19,29H,20-22H2,(H,32,35). The Bertz CT molecular complexity index is 1230. The molecule has 0 aromatic heterocycles. The summed E-state index contributed by atoms with van der Waals surface area (Å²) in [6, 6.07) is 35.4. The molecule has 0 bridgehead atoms. The predicted molar refractivity (Wildman–Crippen MR) is 140 cm³/mol. The fourth-order valence-corrected chi connectivity index (χ4v) is 4.10. The Morgan fingerprint density at radius 3 is 1.83 bits per heavy atom. The molecule has 0 aliphatic rings. The van der Waals surface area contributed by atoms with Gasteiger partial charge in [-0.2, -0.15) is 0 Å². The second-order valence-corrected chi connectivity index (χ2v) is 8.76. The fraction of sp³-hybridized carbons (Fsp3) is 0.133. The maximum absolute atomic E-state index is 13.7. The van der Waals surface area contributed by atoms with Gasteiger partial charge in [-0.05, 0) is 34.4 Å². The van der Waals surface area contributed by atoms with Crippen LogP contribution in [-0.4, -0.2) is 16.7 Å². The molecule has 0 saturated heterocycles. The third-order valence-electron chi connectivity index (χ3n) is 5.77. The van der Waals surface area contributed by atoms with Gasteiger partial charge in [0.15, 0.2) is 0 Å². The van der Waals surface area contributed by atoms with E-state index in [-0.39, 0.29) is 18.2 Å². The summed E-state index contributed by atoms with van der Waals surface area (Å²) in [5, 5.41) is 3.67. The van der Waals surface area contributed by atoms with Gasteiger partial charge in [0.05, 0.1) is 6.42 Å². The number of hydrogen-bond donors (Lipinski definition) is 1. The molecule has 2 amide bonds. The van der Waals surface area contributed by atoms with E-state index in [0.29, 0.717) is 18.1 Å². The van der Waals surface area contributed by atoms with Crippen molar-refractivity contribution in [2.24, 2.45) is 0 Å². The molecule has 4 rings (SSSR count). The van der Waals surface area contributed by atoms with Gasteiger partial charge in [-0.25, -0.2) is 0 Å². The Kier molecular flexibility index (Phi) is 8.31. The number of rotatable bonds is 9. The summed E-state index contributed by atoms with van der Waals surface area (Å²) in [5.41, 5.74) is 3.56. The van der Waals surface area contributed by atoms with E-state index in [2.05, 4.69) is 5.32 Å². The summed E-state index contributed by atoms with van der Waals surface area (Å²) in [6.45, 7) is 0.659. The van der Waals surface area contributed by atoms with Crippen LogP contribution in [0.5, 0.6) is 0 Å². The van der Waals surface area contributed by atoms with Crippen LogP contribution in [0.1, 0.15) is 28.3 Å². The molecule has 0 fully saturated rings. The minimum Gasteiger partial charge on any atom is -0.350 e. The summed E-state index contributed by atoms with van der Waals surface area (Å²) in [7, 11) is 0. The van der Waals surface area contributed by atoms with E-state index in [9.17, 15) is 9.59 Å². The van der Waals surface area contributed by atoms with Crippen LogP contribution in [0.2, 0.25) is 5.02 Å². The second-order valence-electron chi connectivity index (χ2n) is 8.33. The third-order valence-corrected chi connectivity index (χ3v) is 6.02. The molecule has 1 unspecified atom stereocenters. The lowest BCUT2D eigenvalue weighted by atomic mass is 10.0. The first kappa shape index (κ1) is 24.2. The molecular weight excluding hydrogens is 456 g/mol. The van der Waals surface area contributed by atoms with Crippen molar-refractivity contribution in [2.45, 2.75) is 25.6 Å². The van der Waals surface area contributed by atoms with Crippen LogP contribution < -0.4 is 5.32 Å². The highest BCUT2D eigenvalue weighted by Gasteiger charge is 2.31. The number of carbonyl (C=O) groups excluding carboxylic acids is 2. The predicted octanol–water partition coefficient (Wildman–Crippen LogP) is 5.97. The molecule has 4 aromatic carbocycles. The molecule has 0 saturated carbocycles. The minimum absolute atomic E-state index is 0.115. The van der Waals surface area contributed by atoms with Crippen LogP contribution in [0.3, 0.4) is 0 Å². The molecule has 1 N–H and O–H groups in total. The first-order valence-electron chi connectivity index (χ1n) is 11.5. The Balaban J connectivity index is 1.65.